The van der Waals surface area contributed by atoms with E-state index in [9.17, 15) is 19.5 Å². The van der Waals surface area contributed by atoms with Crippen LogP contribution in [0.5, 0.6) is 0 Å². The van der Waals surface area contributed by atoms with Crippen LogP contribution in [0.1, 0.15) is 93.6 Å². The smallest absolute Gasteiger partial charge is 0.348 e. The molecular formula is C25H33NO4S. The number of hydrogen-bond donors (Lipinski definition) is 1. The van der Waals surface area contributed by atoms with Crippen molar-refractivity contribution in [1.82, 2.24) is 0 Å². The minimum atomic E-state index is -1.04. The Bertz CT molecular complexity index is 896. The predicted molar refractivity (Wildman–Crippen MR) is 123 cm³/mol. The summed E-state index contributed by atoms with van der Waals surface area (Å²) in [4.78, 5) is 40.2. The molecule has 0 aliphatic heterocycles. The second-order valence-corrected chi connectivity index (χ2v) is 11.1. The molecule has 0 atom stereocenters. The van der Waals surface area contributed by atoms with Gasteiger partial charge in [0.25, 0.3) is 0 Å². The average Bonchev–Trinajstić information content (AvgIpc) is 3.12. The van der Waals surface area contributed by atoms with Gasteiger partial charge in [-0.05, 0) is 71.3 Å². The third kappa shape index (κ3) is 5.98. The van der Waals surface area contributed by atoms with Gasteiger partial charge in [-0.3, -0.25) is 9.59 Å². The number of aromatic carboxylic acids is 1. The van der Waals surface area contributed by atoms with Gasteiger partial charge in [-0.15, -0.1) is 11.3 Å². The maximum absolute atomic E-state index is 13.7. The molecule has 5 nitrogen and oxygen atoms in total. The average molecular weight is 444 g/mol. The summed E-state index contributed by atoms with van der Waals surface area (Å²) in [6.45, 7) is 8.23. The van der Waals surface area contributed by atoms with Gasteiger partial charge in [0.1, 0.15) is 10.7 Å². The van der Waals surface area contributed by atoms with Gasteiger partial charge in [0.2, 0.25) is 5.91 Å². The fourth-order valence-corrected chi connectivity index (χ4v) is 5.25. The molecule has 1 amide bonds. The fourth-order valence-electron chi connectivity index (χ4n) is 4.41. The summed E-state index contributed by atoms with van der Waals surface area (Å²) < 4.78 is 0. The summed E-state index contributed by atoms with van der Waals surface area (Å²) in [6, 6.07) is 1.63. The van der Waals surface area contributed by atoms with Gasteiger partial charge in [-0.25, -0.2) is 4.79 Å². The normalized spacial score (nSPS) is 22.5. The van der Waals surface area contributed by atoms with Gasteiger partial charge < -0.3 is 10.0 Å². The van der Waals surface area contributed by atoms with Crippen molar-refractivity contribution in [3.8, 4) is 11.8 Å². The molecule has 0 bridgehead atoms. The van der Waals surface area contributed by atoms with Crippen LogP contribution in [0, 0.1) is 29.1 Å². The zero-order valence-corrected chi connectivity index (χ0v) is 19.8. The van der Waals surface area contributed by atoms with Crippen LogP contribution < -0.4 is 4.90 Å². The number of anilines is 1. The zero-order chi connectivity index (χ0) is 22.8. The second kappa shape index (κ2) is 9.56. The van der Waals surface area contributed by atoms with Gasteiger partial charge in [-0.2, -0.15) is 0 Å². The Morgan fingerprint density at radius 2 is 1.71 bits per heavy atom. The van der Waals surface area contributed by atoms with E-state index in [4.69, 9.17) is 0 Å². The van der Waals surface area contributed by atoms with E-state index >= 15 is 0 Å². The Labute approximate surface area is 189 Å². The molecule has 0 radical (unpaired) electrons. The third-order valence-corrected chi connectivity index (χ3v) is 7.24. The van der Waals surface area contributed by atoms with Crippen LogP contribution in [-0.2, 0) is 9.59 Å². The third-order valence-electron chi connectivity index (χ3n) is 6.21. The molecule has 1 heterocycles. The highest BCUT2D eigenvalue weighted by Crippen LogP contribution is 2.38. The summed E-state index contributed by atoms with van der Waals surface area (Å²) in [5, 5.41) is 9.89. The van der Waals surface area contributed by atoms with Crippen LogP contribution >= 0.6 is 11.3 Å². The molecule has 2 aliphatic carbocycles. The lowest BCUT2D eigenvalue weighted by Crippen LogP contribution is -2.46. The fraction of sp³-hybridized carbons (Fsp3) is 0.640. The SMILES string of the molecule is CC(C)(C)C#Cc1cc(N(C(=O)[C@H]2CC[C@H](C)CC2)C2CCC(=O)CC2)c(C(=O)O)s1. The number of hydrogen-bond acceptors (Lipinski definition) is 4. The number of ketones is 1. The van der Waals surface area contributed by atoms with Crippen molar-refractivity contribution in [2.45, 2.75) is 85.1 Å². The number of Topliss-reactive ketones (excluding diaryl/α,β-unsaturated/α-hetero) is 1. The van der Waals surface area contributed by atoms with Crippen molar-refractivity contribution in [3.63, 3.8) is 0 Å². The predicted octanol–water partition coefficient (Wildman–Crippen LogP) is 5.51. The molecule has 1 aromatic heterocycles. The maximum Gasteiger partial charge on any atom is 0.348 e. The topological polar surface area (TPSA) is 74.7 Å². The van der Waals surface area contributed by atoms with Crippen molar-refractivity contribution in [2.24, 2.45) is 17.3 Å². The van der Waals surface area contributed by atoms with Crippen molar-refractivity contribution in [2.75, 3.05) is 4.90 Å². The molecule has 6 heteroatoms. The highest BCUT2D eigenvalue weighted by molar-refractivity contribution is 7.15. The van der Waals surface area contributed by atoms with Crippen molar-refractivity contribution in [1.29, 1.82) is 0 Å². The molecule has 31 heavy (non-hydrogen) atoms. The molecule has 0 spiro atoms. The minimum absolute atomic E-state index is 0.0156. The Morgan fingerprint density at radius 1 is 1.10 bits per heavy atom. The lowest BCUT2D eigenvalue weighted by atomic mass is 9.81. The second-order valence-electron chi connectivity index (χ2n) is 10.1. The van der Waals surface area contributed by atoms with Crippen LogP contribution in [-0.4, -0.2) is 28.8 Å². The van der Waals surface area contributed by atoms with Gasteiger partial charge in [0.05, 0.1) is 10.6 Å². The van der Waals surface area contributed by atoms with Crippen molar-refractivity contribution in [3.05, 3.63) is 15.8 Å². The van der Waals surface area contributed by atoms with E-state index in [0.29, 0.717) is 42.2 Å². The van der Waals surface area contributed by atoms with Gasteiger partial charge in [0.15, 0.2) is 0 Å². The largest absolute Gasteiger partial charge is 0.477 e. The molecule has 168 valence electrons. The van der Waals surface area contributed by atoms with Gasteiger partial charge >= 0.3 is 5.97 Å². The minimum Gasteiger partial charge on any atom is -0.477 e. The van der Waals surface area contributed by atoms with E-state index in [1.165, 1.54) is 0 Å². The summed E-state index contributed by atoms with van der Waals surface area (Å²) in [6.07, 6.45) is 5.78. The standard InChI is InChI=1S/C25H33NO4S/c1-16-5-7-17(8-6-16)23(28)26(18-9-11-19(27)12-10-18)21-15-20(13-14-25(2,3)4)31-22(21)24(29)30/h15-18H,5-12H2,1-4H3,(H,29,30)/t16-,17-. The Balaban J connectivity index is 2.00. The number of carbonyl (C=O) groups is 3. The first-order valence-electron chi connectivity index (χ1n) is 11.3. The molecule has 0 unspecified atom stereocenters. The molecule has 1 aromatic rings. The number of thiophene rings is 1. The van der Waals surface area contributed by atoms with Crippen molar-refractivity contribution >= 4 is 34.7 Å². The zero-order valence-electron chi connectivity index (χ0n) is 19.0. The first kappa shape index (κ1) is 23.5. The molecule has 2 fully saturated rings. The maximum atomic E-state index is 13.7. The Kier molecular flexibility index (Phi) is 7.26. The number of carboxylic acid groups (broad SMARTS) is 1. The highest BCUT2D eigenvalue weighted by Gasteiger charge is 2.37. The van der Waals surface area contributed by atoms with E-state index in [1.54, 1.807) is 11.0 Å². The Morgan fingerprint density at radius 3 is 2.26 bits per heavy atom. The summed E-state index contributed by atoms with van der Waals surface area (Å²) in [5.41, 5.74) is 0.254. The molecule has 2 saturated carbocycles. The first-order chi connectivity index (χ1) is 14.5. The first-order valence-corrected chi connectivity index (χ1v) is 12.1. The summed E-state index contributed by atoms with van der Waals surface area (Å²) in [7, 11) is 0. The van der Waals surface area contributed by atoms with Gasteiger partial charge in [-0.1, -0.05) is 18.8 Å². The number of carbonyl (C=O) groups excluding carboxylic acids is 2. The van der Waals surface area contributed by atoms with E-state index in [2.05, 4.69) is 18.8 Å². The van der Waals surface area contributed by atoms with E-state index in [1.807, 2.05) is 20.8 Å². The number of rotatable bonds is 4. The van der Waals surface area contributed by atoms with Gasteiger partial charge in [0, 0.05) is 30.2 Å². The quantitative estimate of drug-likeness (QED) is 0.622. The molecule has 0 aromatic carbocycles. The number of amides is 1. The van der Waals surface area contributed by atoms with Crippen LogP contribution in [0.15, 0.2) is 6.07 Å². The van der Waals surface area contributed by atoms with E-state index < -0.39 is 5.97 Å². The molecule has 2 aliphatic rings. The molecule has 1 N–H and O–H groups in total. The summed E-state index contributed by atoms with van der Waals surface area (Å²) >= 11 is 1.13. The Hall–Kier alpha value is -2.13. The highest BCUT2D eigenvalue weighted by atomic mass is 32.1. The lowest BCUT2D eigenvalue weighted by molar-refractivity contribution is -0.125. The molecular weight excluding hydrogens is 410 g/mol. The molecule has 0 saturated heterocycles. The lowest BCUT2D eigenvalue weighted by Gasteiger charge is -2.37. The van der Waals surface area contributed by atoms with Crippen LogP contribution in [0.25, 0.3) is 0 Å². The van der Waals surface area contributed by atoms with Crippen LogP contribution in [0.3, 0.4) is 0 Å². The monoisotopic (exact) mass is 443 g/mol. The van der Waals surface area contributed by atoms with Crippen molar-refractivity contribution < 1.29 is 19.5 Å². The van der Waals surface area contributed by atoms with E-state index in [0.717, 1.165) is 37.0 Å². The summed E-state index contributed by atoms with van der Waals surface area (Å²) in [5.74, 6) is 6.00. The van der Waals surface area contributed by atoms with Crippen LogP contribution in [0.2, 0.25) is 0 Å². The number of nitrogens with zero attached hydrogens (tertiary/aromatic N) is 1. The van der Waals surface area contributed by atoms with Crippen LogP contribution in [0.4, 0.5) is 5.69 Å². The van der Waals surface area contributed by atoms with E-state index in [-0.39, 0.29) is 33.9 Å². The number of carboxylic acids is 1. The molecule has 3 rings (SSSR count).